The predicted molar refractivity (Wildman–Crippen MR) is 111 cm³/mol. The van der Waals surface area contributed by atoms with Crippen molar-refractivity contribution in [2.75, 3.05) is 66.0 Å². The Morgan fingerprint density at radius 2 is 2.00 bits per heavy atom. The van der Waals surface area contributed by atoms with Crippen LogP contribution in [0.5, 0.6) is 0 Å². The highest BCUT2D eigenvalue weighted by Crippen LogP contribution is 2.26. The number of hydrogen-bond acceptors (Lipinski definition) is 4. The van der Waals surface area contributed by atoms with E-state index >= 15 is 0 Å². The minimum absolute atomic E-state index is 0.560. The molecule has 0 bridgehead atoms. The van der Waals surface area contributed by atoms with Crippen LogP contribution in [0.4, 0.5) is 0 Å². The average Bonchev–Trinajstić information content (AvgIpc) is 3.32. The van der Waals surface area contributed by atoms with Crippen LogP contribution in [0, 0.1) is 5.92 Å². The van der Waals surface area contributed by atoms with Gasteiger partial charge in [0.2, 0.25) is 0 Å². The number of piperazine rings is 1. The molecule has 3 rings (SSSR count). The van der Waals surface area contributed by atoms with Crippen LogP contribution in [0.2, 0.25) is 0 Å². The SMILES string of the molecule is CCN1CCN(CC(C)CNC(=NC)N2CCC(c3cnn(C)c3)C2)CC1. The molecule has 3 heterocycles. The van der Waals surface area contributed by atoms with E-state index in [1.54, 1.807) is 0 Å². The van der Waals surface area contributed by atoms with Crippen LogP contribution in [-0.2, 0) is 7.05 Å². The molecular weight excluding hydrogens is 338 g/mol. The number of aryl methyl sites for hydroxylation is 1. The molecule has 2 saturated heterocycles. The minimum atomic E-state index is 0.560. The van der Waals surface area contributed by atoms with E-state index in [1.807, 2.05) is 25.0 Å². The molecule has 2 atom stereocenters. The van der Waals surface area contributed by atoms with Crippen LogP contribution in [-0.4, -0.2) is 96.4 Å². The first-order chi connectivity index (χ1) is 13.1. The molecule has 0 radical (unpaired) electrons. The van der Waals surface area contributed by atoms with Gasteiger partial charge in [-0.1, -0.05) is 13.8 Å². The Bertz CT molecular complexity index is 603. The lowest BCUT2D eigenvalue weighted by Gasteiger charge is -2.35. The van der Waals surface area contributed by atoms with Gasteiger partial charge in [-0.25, -0.2) is 0 Å². The summed E-state index contributed by atoms with van der Waals surface area (Å²) in [6, 6.07) is 0. The third-order valence-electron chi connectivity index (χ3n) is 5.99. The lowest BCUT2D eigenvalue weighted by Crippen LogP contribution is -2.48. The highest BCUT2D eigenvalue weighted by molar-refractivity contribution is 5.80. The Morgan fingerprint density at radius 1 is 1.26 bits per heavy atom. The number of nitrogens with zero attached hydrogens (tertiary/aromatic N) is 6. The van der Waals surface area contributed by atoms with E-state index in [0.29, 0.717) is 11.8 Å². The maximum absolute atomic E-state index is 4.53. The van der Waals surface area contributed by atoms with E-state index in [2.05, 4.69) is 50.2 Å². The van der Waals surface area contributed by atoms with Crippen LogP contribution in [0.25, 0.3) is 0 Å². The molecule has 2 unspecified atom stereocenters. The second kappa shape index (κ2) is 9.55. The number of aromatic nitrogens is 2. The third kappa shape index (κ3) is 5.45. The second-order valence-electron chi connectivity index (χ2n) is 8.15. The molecule has 2 fully saturated rings. The summed E-state index contributed by atoms with van der Waals surface area (Å²) in [7, 11) is 3.88. The fraction of sp³-hybridized carbons (Fsp3) is 0.800. The molecule has 2 aliphatic rings. The maximum atomic E-state index is 4.53. The number of likely N-dealkylation sites (tertiary alicyclic amines) is 1. The molecular formula is C20H37N7. The summed E-state index contributed by atoms with van der Waals surface area (Å²) in [6.07, 6.45) is 5.32. The van der Waals surface area contributed by atoms with Gasteiger partial charge in [-0.2, -0.15) is 5.10 Å². The normalized spacial score (nSPS) is 23.8. The van der Waals surface area contributed by atoms with Crippen LogP contribution < -0.4 is 5.32 Å². The van der Waals surface area contributed by atoms with Crippen LogP contribution in [0.15, 0.2) is 17.4 Å². The van der Waals surface area contributed by atoms with Gasteiger partial charge in [0, 0.05) is 78.6 Å². The Kier molecular flexibility index (Phi) is 7.13. The molecule has 0 saturated carbocycles. The average molecular weight is 376 g/mol. The Morgan fingerprint density at radius 3 is 2.63 bits per heavy atom. The van der Waals surface area contributed by atoms with E-state index in [4.69, 9.17) is 0 Å². The fourth-order valence-corrected chi connectivity index (χ4v) is 4.27. The van der Waals surface area contributed by atoms with E-state index in [0.717, 1.165) is 25.6 Å². The molecule has 2 aliphatic heterocycles. The van der Waals surface area contributed by atoms with Gasteiger partial charge < -0.3 is 20.0 Å². The summed E-state index contributed by atoms with van der Waals surface area (Å²) in [5, 5.41) is 7.94. The number of likely N-dealkylation sites (N-methyl/N-ethyl adjacent to an activating group) is 1. The monoisotopic (exact) mass is 375 g/mol. The fourth-order valence-electron chi connectivity index (χ4n) is 4.27. The standard InChI is InChI=1S/C20H37N7/c1-5-25-8-10-26(11-9-25)14-17(2)12-22-20(21-3)27-7-6-18(16-27)19-13-23-24(4)15-19/h13,15,17-18H,5-12,14,16H2,1-4H3,(H,21,22). The summed E-state index contributed by atoms with van der Waals surface area (Å²) in [5.41, 5.74) is 1.34. The van der Waals surface area contributed by atoms with Gasteiger partial charge >= 0.3 is 0 Å². The first kappa shape index (κ1) is 20.1. The lowest BCUT2D eigenvalue weighted by atomic mass is 10.0. The molecule has 1 aromatic rings. The van der Waals surface area contributed by atoms with Crippen molar-refractivity contribution in [3.8, 4) is 0 Å². The van der Waals surface area contributed by atoms with Crippen molar-refractivity contribution in [1.82, 2.24) is 29.8 Å². The molecule has 7 nitrogen and oxygen atoms in total. The van der Waals surface area contributed by atoms with Crippen molar-refractivity contribution in [2.24, 2.45) is 18.0 Å². The first-order valence-electron chi connectivity index (χ1n) is 10.5. The van der Waals surface area contributed by atoms with Crippen molar-refractivity contribution in [3.05, 3.63) is 18.0 Å². The van der Waals surface area contributed by atoms with E-state index < -0.39 is 0 Å². The number of hydrogen-bond donors (Lipinski definition) is 1. The van der Waals surface area contributed by atoms with Gasteiger partial charge in [-0.3, -0.25) is 9.67 Å². The largest absolute Gasteiger partial charge is 0.356 e. The summed E-state index contributed by atoms with van der Waals surface area (Å²) >= 11 is 0. The van der Waals surface area contributed by atoms with E-state index in [1.165, 1.54) is 51.3 Å². The molecule has 27 heavy (non-hydrogen) atoms. The third-order valence-corrected chi connectivity index (χ3v) is 5.99. The van der Waals surface area contributed by atoms with Crippen LogP contribution in [0.1, 0.15) is 31.7 Å². The molecule has 1 N–H and O–H groups in total. The molecule has 0 spiro atoms. The van der Waals surface area contributed by atoms with Crippen molar-refractivity contribution in [2.45, 2.75) is 26.2 Å². The van der Waals surface area contributed by atoms with Crippen molar-refractivity contribution in [1.29, 1.82) is 0 Å². The highest BCUT2D eigenvalue weighted by Gasteiger charge is 2.27. The Hall–Kier alpha value is -1.60. The number of nitrogens with one attached hydrogen (secondary N) is 1. The zero-order chi connectivity index (χ0) is 19.2. The topological polar surface area (TPSA) is 51.9 Å². The van der Waals surface area contributed by atoms with Crippen molar-refractivity contribution in [3.63, 3.8) is 0 Å². The molecule has 0 amide bonds. The predicted octanol–water partition coefficient (Wildman–Crippen LogP) is 1.06. The number of aliphatic imine (C=N–C) groups is 1. The van der Waals surface area contributed by atoms with Crippen molar-refractivity contribution >= 4 is 5.96 Å². The van der Waals surface area contributed by atoms with Crippen LogP contribution in [0.3, 0.4) is 0 Å². The summed E-state index contributed by atoms with van der Waals surface area (Å²) in [5.74, 6) is 2.22. The van der Waals surface area contributed by atoms with Gasteiger partial charge in [0.25, 0.3) is 0 Å². The molecule has 7 heteroatoms. The number of guanidine groups is 1. The van der Waals surface area contributed by atoms with Crippen molar-refractivity contribution < 1.29 is 0 Å². The Labute approximate surface area is 164 Å². The highest BCUT2D eigenvalue weighted by atomic mass is 15.3. The second-order valence-corrected chi connectivity index (χ2v) is 8.15. The van der Waals surface area contributed by atoms with Gasteiger partial charge in [0.05, 0.1) is 6.20 Å². The van der Waals surface area contributed by atoms with Gasteiger partial charge in [0.15, 0.2) is 5.96 Å². The summed E-state index contributed by atoms with van der Waals surface area (Å²) < 4.78 is 1.90. The van der Waals surface area contributed by atoms with E-state index in [-0.39, 0.29) is 0 Å². The zero-order valence-corrected chi connectivity index (χ0v) is 17.6. The number of rotatable bonds is 6. The molecule has 0 aliphatic carbocycles. The van der Waals surface area contributed by atoms with Gasteiger partial charge in [-0.15, -0.1) is 0 Å². The zero-order valence-electron chi connectivity index (χ0n) is 17.6. The molecule has 0 aromatic carbocycles. The minimum Gasteiger partial charge on any atom is -0.356 e. The first-order valence-corrected chi connectivity index (χ1v) is 10.5. The Balaban J connectivity index is 1.41. The summed E-state index contributed by atoms with van der Waals surface area (Å²) in [6.45, 7) is 14.8. The smallest absolute Gasteiger partial charge is 0.193 e. The van der Waals surface area contributed by atoms with E-state index in [9.17, 15) is 0 Å². The quantitative estimate of drug-likeness (QED) is 0.595. The lowest BCUT2D eigenvalue weighted by molar-refractivity contribution is 0.124. The van der Waals surface area contributed by atoms with Gasteiger partial charge in [-0.05, 0) is 24.4 Å². The maximum Gasteiger partial charge on any atom is 0.193 e. The van der Waals surface area contributed by atoms with Crippen LogP contribution >= 0.6 is 0 Å². The summed E-state index contributed by atoms with van der Waals surface area (Å²) in [4.78, 5) is 12.1. The molecule has 152 valence electrons. The molecule has 1 aromatic heterocycles. The van der Waals surface area contributed by atoms with Gasteiger partial charge in [0.1, 0.15) is 0 Å².